The van der Waals surface area contributed by atoms with Crippen molar-refractivity contribution < 1.29 is 19.1 Å². The molecule has 0 heterocycles. The molecule has 5 heteroatoms. The van der Waals surface area contributed by atoms with Crippen LogP contribution in [-0.4, -0.2) is 42.8 Å². The smallest absolute Gasteiger partial charge is 0.410 e. The molecule has 112 valence electrons. The molecule has 0 aromatic heterocycles. The Kier molecular flexibility index (Phi) is 9.00. The van der Waals surface area contributed by atoms with Gasteiger partial charge < -0.3 is 9.47 Å². The molecule has 0 saturated heterocycles. The molecule has 0 bridgehead atoms. The average molecular weight is 273 g/mol. The van der Waals surface area contributed by atoms with Crippen molar-refractivity contribution in [1.82, 2.24) is 4.90 Å². The fraction of sp³-hybridized carbons (Fsp3) is 0.857. The van der Waals surface area contributed by atoms with Gasteiger partial charge in [0.05, 0.1) is 13.2 Å². The normalized spacial score (nSPS) is 13.5. The summed E-state index contributed by atoms with van der Waals surface area (Å²) in [6.07, 6.45) is 1.12. The third-order valence-electron chi connectivity index (χ3n) is 3.01. The summed E-state index contributed by atoms with van der Waals surface area (Å²) in [5, 5.41) is 0. The third kappa shape index (κ3) is 5.49. The number of nitrogens with zero attached hydrogens (tertiary/aromatic N) is 1. The molecule has 0 aliphatic rings. The molecule has 0 aliphatic heterocycles. The maximum atomic E-state index is 12.1. The number of amides is 1. The topological polar surface area (TPSA) is 55.8 Å². The molecule has 0 rings (SSSR count). The van der Waals surface area contributed by atoms with Crippen molar-refractivity contribution >= 4 is 12.1 Å². The molecule has 19 heavy (non-hydrogen) atoms. The van der Waals surface area contributed by atoms with E-state index in [1.54, 1.807) is 13.8 Å². The maximum Gasteiger partial charge on any atom is 0.410 e. The van der Waals surface area contributed by atoms with Gasteiger partial charge in [-0.2, -0.15) is 0 Å². The highest BCUT2D eigenvalue weighted by Gasteiger charge is 2.35. The first-order valence-electron chi connectivity index (χ1n) is 7.13. The largest absolute Gasteiger partial charge is 0.464 e. The van der Waals surface area contributed by atoms with Gasteiger partial charge in [0.1, 0.15) is 6.04 Å². The monoisotopic (exact) mass is 273 g/mol. The van der Waals surface area contributed by atoms with Gasteiger partial charge in [-0.05, 0) is 26.2 Å². The second-order valence-corrected chi connectivity index (χ2v) is 4.47. The fourth-order valence-electron chi connectivity index (χ4n) is 1.91. The minimum absolute atomic E-state index is 0.0370. The summed E-state index contributed by atoms with van der Waals surface area (Å²) in [6.45, 7) is 10.5. The molecule has 0 aromatic carbocycles. The van der Waals surface area contributed by atoms with Crippen LogP contribution in [0.3, 0.4) is 0 Å². The number of hydrogen-bond donors (Lipinski definition) is 0. The van der Waals surface area contributed by atoms with Crippen LogP contribution in [0.2, 0.25) is 0 Å². The molecule has 0 aromatic rings. The van der Waals surface area contributed by atoms with E-state index in [0.29, 0.717) is 19.8 Å². The van der Waals surface area contributed by atoms with Crippen LogP contribution in [0.5, 0.6) is 0 Å². The van der Waals surface area contributed by atoms with Crippen LogP contribution in [0.15, 0.2) is 0 Å². The highest BCUT2D eigenvalue weighted by Crippen LogP contribution is 2.18. The van der Waals surface area contributed by atoms with E-state index in [2.05, 4.69) is 0 Å². The minimum atomic E-state index is -0.566. The first kappa shape index (κ1) is 17.7. The summed E-state index contributed by atoms with van der Waals surface area (Å²) in [5.41, 5.74) is 0. The lowest BCUT2D eigenvalue weighted by Gasteiger charge is -2.32. The van der Waals surface area contributed by atoms with Gasteiger partial charge in [0, 0.05) is 6.54 Å². The van der Waals surface area contributed by atoms with E-state index in [4.69, 9.17) is 9.47 Å². The van der Waals surface area contributed by atoms with Crippen LogP contribution in [0, 0.1) is 5.92 Å². The van der Waals surface area contributed by atoms with E-state index in [0.717, 1.165) is 12.8 Å². The van der Waals surface area contributed by atoms with Crippen molar-refractivity contribution in [3.8, 4) is 0 Å². The number of hydrogen-bond acceptors (Lipinski definition) is 4. The second-order valence-electron chi connectivity index (χ2n) is 4.47. The average Bonchev–Trinajstić information content (AvgIpc) is 2.38. The molecular weight excluding hydrogens is 246 g/mol. The van der Waals surface area contributed by atoms with Gasteiger partial charge in [0.25, 0.3) is 0 Å². The first-order valence-corrected chi connectivity index (χ1v) is 7.13. The van der Waals surface area contributed by atoms with Gasteiger partial charge in [-0.3, -0.25) is 4.90 Å². The molecule has 0 aliphatic carbocycles. The summed E-state index contributed by atoms with van der Waals surface area (Å²) >= 11 is 0. The number of esters is 1. The SMILES string of the molecule is CCCN(C(=O)OCC)C(C(=O)OCC)C(C)CC. The zero-order valence-corrected chi connectivity index (χ0v) is 12.8. The Balaban J connectivity index is 5.11. The highest BCUT2D eigenvalue weighted by atomic mass is 16.6. The van der Waals surface area contributed by atoms with E-state index in [-0.39, 0.29) is 11.9 Å². The summed E-state index contributed by atoms with van der Waals surface area (Å²) in [6, 6.07) is -0.566. The predicted molar refractivity (Wildman–Crippen MR) is 73.9 cm³/mol. The Morgan fingerprint density at radius 1 is 1.05 bits per heavy atom. The number of ether oxygens (including phenoxy) is 2. The number of carbonyl (C=O) groups is 2. The molecule has 2 atom stereocenters. The predicted octanol–water partition coefficient (Wildman–Crippen LogP) is 2.83. The van der Waals surface area contributed by atoms with Gasteiger partial charge in [-0.25, -0.2) is 9.59 Å². The van der Waals surface area contributed by atoms with Crippen LogP contribution in [0.1, 0.15) is 47.5 Å². The summed E-state index contributed by atoms with van der Waals surface area (Å²) in [5.74, 6) is -0.312. The van der Waals surface area contributed by atoms with E-state index >= 15 is 0 Å². The lowest BCUT2D eigenvalue weighted by atomic mass is 9.97. The van der Waals surface area contributed by atoms with Crippen molar-refractivity contribution in [2.75, 3.05) is 19.8 Å². The molecule has 0 saturated carbocycles. The van der Waals surface area contributed by atoms with E-state index in [1.807, 2.05) is 20.8 Å². The van der Waals surface area contributed by atoms with Crippen molar-refractivity contribution in [3.63, 3.8) is 0 Å². The lowest BCUT2D eigenvalue weighted by molar-refractivity contribution is -0.151. The molecule has 1 amide bonds. The number of carbonyl (C=O) groups excluding carboxylic acids is 2. The van der Waals surface area contributed by atoms with Crippen LogP contribution in [0.25, 0.3) is 0 Å². The van der Waals surface area contributed by atoms with Crippen molar-refractivity contribution in [3.05, 3.63) is 0 Å². The molecule has 0 N–H and O–H groups in total. The van der Waals surface area contributed by atoms with Gasteiger partial charge >= 0.3 is 12.1 Å². The summed E-state index contributed by atoms with van der Waals surface area (Å²) in [4.78, 5) is 25.6. The van der Waals surface area contributed by atoms with Crippen LogP contribution < -0.4 is 0 Å². The van der Waals surface area contributed by atoms with Crippen molar-refractivity contribution in [2.24, 2.45) is 5.92 Å². The highest BCUT2D eigenvalue weighted by molar-refractivity contribution is 5.81. The van der Waals surface area contributed by atoms with Crippen molar-refractivity contribution in [2.45, 2.75) is 53.5 Å². The zero-order chi connectivity index (χ0) is 14.8. The Labute approximate surface area is 116 Å². The molecular formula is C14H27NO4. The minimum Gasteiger partial charge on any atom is -0.464 e. The van der Waals surface area contributed by atoms with E-state index in [9.17, 15) is 9.59 Å². The van der Waals surface area contributed by atoms with Crippen LogP contribution in [0.4, 0.5) is 4.79 Å². The standard InChI is InChI=1S/C14H27NO4/c1-6-10-15(14(17)19-9-4)12(11(5)7-2)13(16)18-8-3/h11-12H,6-10H2,1-5H3. The van der Waals surface area contributed by atoms with Gasteiger partial charge in [-0.1, -0.05) is 27.2 Å². The molecule has 0 fully saturated rings. The lowest BCUT2D eigenvalue weighted by Crippen LogP contribution is -2.49. The molecule has 0 radical (unpaired) electrons. The zero-order valence-electron chi connectivity index (χ0n) is 12.8. The van der Waals surface area contributed by atoms with E-state index < -0.39 is 12.1 Å². The van der Waals surface area contributed by atoms with Crippen LogP contribution >= 0.6 is 0 Å². The molecule has 0 spiro atoms. The molecule has 5 nitrogen and oxygen atoms in total. The fourth-order valence-corrected chi connectivity index (χ4v) is 1.91. The third-order valence-corrected chi connectivity index (χ3v) is 3.01. The summed E-state index contributed by atoms with van der Waals surface area (Å²) in [7, 11) is 0. The Bertz CT molecular complexity index is 281. The summed E-state index contributed by atoms with van der Waals surface area (Å²) < 4.78 is 10.1. The van der Waals surface area contributed by atoms with Crippen molar-refractivity contribution in [1.29, 1.82) is 0 Å². The van der Waals surface area contributed by atoms with E-state index in [1.165, 1.54) is 4.90 Å². The van der Waals surface area contributed by atoms with Gasteiger partial charge in [-0.15, -0.1) is 0 Å². The quantitative estimate of drug-likeness (QED) is 0.638. The van der Waals surface area contributed by atoms with Gasteiger partial charge in [0.2, 0.25) is 0 Å². The first-order chi connectivity index (χ1) is 9.03. The second kappa shape index (κ2) is 9.64. The Hall–Kier alpha value is -1.26. The number of rotatable bonds is 8. The Morgan fingerprint density at radius 2 is 1.63 bits per heavy atom. The van der Waals surface area contributed by atoms with Gasteiger partial charge in [0.15, 0.2) is 0 Å². The maximum absolute atomic E-state index is 12.1. The van der Waals surface area contributed by atoms with Crippen LogP contribution in [-0.2, 0) is 14.3 Å². The molecule has 2 unspecified atom stereocenters. The Morgan fingerprint density at radius 3 is 2.05 bits per heavy atom.